The molecule has 2 N–H and O–H groups in total. The van der Waals surface area contributed by atoms with Crippen molar-refractivity contribution in [1.82, 2.24) is 20.2 Å². The third-order valence-electron chi connectivity index (χ3n) is 3.39. The maximum atomic E-state index is 11.9. The molecule has 6 nitrogen and oxygen atoms in total. The number of fused-ring (bicyclic) bond motifs is 3. The van der Waals surface area contributed by atoms with Crippen LogP contribution in [0.4, 0.5) is 9.93 Å². The van der Waals surface area contributed by atoms with E-state index in [2.05, 4.69) is 26.7 Å². The van der Waals surface area contributed by atoms with E-state index in [1.165, 1.54) is 11.3 Å². The largest absolute Gasteiger partial charge is 0.337 e. The van der Waals surface area contributed by atoms with Crippen molar-refractivity contribution in [1.29, 1.82) is 0 Å². The van der Waals surface area contributed by atoms with Crippen molar-refractivity contribution in [2.45, 2.75) is 13.8 Å². The number of rotatable bonds is 4. The van der Waals surface area contributed by atoms with Crippen LogP contribution in [-0.4, -0.2) is 48.1 Å². The summed E-state index contributed by atoms with van der Waals surface area (Å²) in [6.07, 6.45) is 0. The molecule has 0 radical (unpaired) electrons. The number of benzene rings is 1. The van der Waals surface area contributed by atoms with Crippen LogP contribution in [0.1, 0.15) is 10.6 Å². The molecular weight excluding hydrogens is 330 g/mol. The highest BCUT2D eigenvalue weighted by Gasteiger charge is 2.14. The number of nitrogens with zero attached hydrogens (tertiary/aromatic N) is 3. The Hall–Kier alpha value is -1.77. The first-order valence-electron chi connectivity index (χ1n) is 7.31. The fourth-order valence-corrected chi connectivity index (χ4v) is 4.33. The Balaban J connectivity index is 1.84. The lowest BCUT2D eigenvalue weighted by molar-refractivity contribution is 0.250. The molecule has 2 aromatic heterocycles. The number of nitrogens with one attached hydrogen (secondary N) is 2. The lowest BCUT2D eigenvalue weighted by Gasteiger charge is -2.10. The predicted molar refractivity (Wildman–Crippen MR) is 97.8 cm³/mol. The molecule has 3 rings (SSSR count). The van der Waals surface area contributed by atoms with Crippen LogP contribution in [0, 0.1) is 13.8 Å². The first-order chi connectivity index (χ1) is 10.9. The number of carbonyl (C=O) groups is 1. The molecule has 1 aromatic carbocycles. The van der Waals surface area contributed by atoms with Crippen molar-refractivity contribution in [2.24, 2.45) is 0 Å². The van der Waals surface area contributed by atoms with Crippen LogP contribution < -0.4 is 10.6 Å². The van der Waals surface area contributed by atoms with Gasteiger partial charge in [-0.25, -0.2) is 14.8 Å². The summed E-state index contributed by atoms with van der Waals surface area (Å²) in [5, 5.41) is 7.28. The van der Waals surface area contributed by atoms with Crippen molar-refractivity contribution in [3.8, 4) is 0 Å². The molecule has 2 heterocycles. The van der Waals surface area contributed by atoms with Crippen LogP contribution >= 0.6 is 22.7 Å². The first-order valence-corrected chi connectivity index (χ1v) is 8.94. The summed E-state index contributed by atoms with van der Waals surface area (Å²) in [6.45, 7) is 5.44. The van der Waals surface area contributed by atoms with Gasteiger partial charge >= 0.3 is 6.03 Å². The molecule has 0 aliphatic rings. The Morgan fingerprint density at radius 1 is 1.22 bits per heavy atom. The zero-order valence-corrected chi connectivity index (χ0v) is 15.2. The molecule has 0 saturated heterocycles. The van der Waals surface area contributed by atoms with Crippen LogP contribution in [0.25, 0.3) is 20.4 Å². The summed E-state index contributed by atoms with van der Waals surface area (Å²) in [6, 6.07) is 1.89. The normalized spacial score (nSPS) is 11.5. The van der Waals surface area contributed by atoms with E-state index in [0.717, 1.165) is 37.5 Å². The van der Waals surface area contributed by atoms with E-state index in [4.69, 9.17) is 0 Å². The number of carbonyl (C=O) groups excluding carboxylic acids is 1. The summed E-state index contributed by atoms with van der Waals surface area (Å²) in [5.41, 5.74) is 3.00. The minimum atomic E-state index is -0.228. The van der Waals surface area contributed by atoms with E-state index in [9.17, 15) is 4.79 Å². The van der Waals surface area contributed by atoms with Gasteiger partial charge in [0.25, 0.3) is 0 Å². The number of urea groups is 1. The Bertz CT molecular complexity index is 868. The van der Waals surface area contributed by atoms with Crippen LogP contribution in [0.2, 0.25) is 0 Å². The molecule has 0 spiro atoms. The summed E-state index contributed by atoms with van der Waals surface area (Å²) in [5.74, 6) is 0. The minimum Gasteiger partial charge on any atom is -0.337 e. The number of hydrogen-bond acceptors (Lipinski definition) is 6. The molecule has 0 aliphatic carbocycles. The van der Waals surface area contributed by atoms with Crippen LogP contribution in [0.5, 0.6) is 0 Å². The molecule has 0 unspecified atom stereocenters. The van der Waals surface area contributed by atoms with Gasteiger partial charge in [-0.15, -0.1) is 11.3 Å². The average Bonchev–Trinajstić information content (AvgIpc) is 3.01. The molecule has 0 saturated carbocycles. The highest BCUT2D eigenvalue weighted by atomic mass is 32.1. The van der Waals surface area contributed by atoms with E-state index in [-0.39, 0.29) is 6.03 Å². The SMILES string of the molecule is Cc1nc2c(cc(C)c3nc(NC(=O)NCCN(C)C)sc32)s1. The van der Waals surface area contributed by atoms with Crippen molar-refractivity contribution in [3.05, 3.63) is 16.6 Å². The maximum absolute atomic E-state index is 11.9. The molecule has 0 aliphatic heterocycles. The van der Waals surface area contributed by atoms with Gasteiger partial charge in [-0.05, 0) is 39.6 Å². The topological polar surface area (TPSA) is 70.1 Å². The second kappa shape index (κ2) is 6.38. The molecule has 8 heteroatoms. The Labute approximate surface area is 142 Å². The highest BCUT2D eigenvalue weighted by Crippen LogP contribution is 2.36. The molecule has 2 amide bonds. The molecule has 0 atom stereocenters. The van der Waals surface area contributed by atoms with Gasteiger partial charge in [0.15, 0.2) is 5.13 Å². The zero-order chi connectivity index (χ0) is 16.6. The van der Waals surface area contributed by atoms with Crippen LogP contribution in [-0.2, 0) is 0 Å². The third-order valence-corrected chi connectivity index (χ3v) is 5.28. The van der Waals surface area contributed by atoms with Gasteiger partial charge in [0.1, 0.15) is 5.52 Å². The smallest absolute Gasteiger partial charge is 0.321 e. The number of anilines is 1. The van der Waals surface area contributed by atoms with Crippen LogP contribution in [0.15, 0.2) is 6.07 Å². The van der Waals surface area contributed by atoms with Crippen LogP contribution in [0.3, 0.4) is 0 Å². The fraction of sp³-hybridized carbons (Fsp3) is 0.400. The minimum absolute atomic E-state index is 0.228. The monoisotopic (exact) mass is 349 g/mol. The molecule has 23 heavy (non-hydrogen) atoms. The van der Waals surface area contributed by atoms with Gasteiger partial charge in [0, 0.05) is 13.1 Å². The maximum Gasteiger partial charge on any atom is 0.321 e. The van der Waals surface area contributed by atoms with Crippen molar-refractivity contribution >= 4 is 54.3 Å². The van der Waals surface area contributed by atoms with Crippen molar-refractivity contribution in [2.75, 3.05) is 32.5 Å². The quantitative estimate of drug-likeness (QED) is 0.759. The standard InChI is InChI=1S/C15H19N5OS2/c1-8-7-10-12(17-9(2)22-10)13-11(8)18-15(23-13)19-14(21)16-5-6-20(3)4/h7H,5-6H2,1-4H3,(H2,16,18,19,21). The van der Waals surface area contributed by atoms with E-state index >= 15 is 0 Å². The number of amides is 2. The number of aromatic nitrogens is 2. The number of thiazole rings is 2. The van der Waals surface area contributed by atoms with Gasteiger partial charge in [-0.2, -0.15) is 0 Å². The summed E-state index contributed by atoms with van der Waals surface area (Å²) in [7, 11) is 3.94. The summed E-state index contributed by atoms with van der Waals surface area (Å²) in [4.78, 5) is 23.1. The molecular formula is C15H19N5OS2. The summed E-state index contributed by atoms with van der Waals surface area (Å²) < 4.78 is 2.20. The molecule has 0 fully saturated rings. The number of aryl methyl sites for hydroxylation is 2. The lowest BCUT2D eigenvalue weighted by atomic mass is 10.2. The first kappa shape index (κ1) is 16.1. The fourth-order valence-electron chi connectivity index (χ4n) is 2.30. The van der Waals surface area contributed by atoms with Crippen molar-refractivity contribution in [3.63, 3.8) is 0 Å². The van der Waals surface area contributed by atoms with Gasteiger partial charge in [-0.1, -0.05) is 11.3 Å². The highest BCUT2D eigenvalue weighted by molar-refractivity contribution is 7.24. The zero-order valence-electron chi connectivity index (χ0n) is 13.6. The van der Waals surface area contributed by atoms with E-state index < -0.39 is 0 Å². The van der Waals surface area contributed by atoms with Gasteiger partial charge in [0.05, 0.1) is 19.9 Å². The predicted octanol–water partition coefficient (Wildman–Crippen LogP) is 3.21. The second-order valence-corrected chi connectivity index (χ2v) is 7.89. The Morgan fingerprint density at radius 3 is 2.74 bits per heavy atom. The molecule has 122 valence electrons. The van der Waals surface area contributed by atoms with Gasteiger partial charge in [-0.3, -0.25) is 5.32 Å². The average molecular weight is 349 g/mol. The Kier molecular flexibility index (Phi) is 4.47. The van der Waals surface area contributed by atoms with Gasteiger partial charge < -0.3 is 10.2 Å². The van der Waals surface area contributed by atoms with E-state index in [1.54, 1.807) is 11.3 Å². The molecule has 0 bridgehead atoms. The number of likely N-dealkylation sites (N-methyl/N-ethyl adjacent to an activating group) is 1. The van der Waals surface area contributed by atoms with Crippen molar-refractivity contribution < 1.29 is 4.79 Å². The lowest BCUT2D eigenvalue weighted by Crippen LogP contribution is -2.34. The molecule has 3 aromatic rings. The van der Waals surface area contributed by atoms with E-state index in [1.807, 2.05) is 32.8 Å². The number of hydrogen-bond donors (Lipinski definition) is 2. The summed E-state index contributed by atoms with van der Waals surface area (Å²) >= 11 is 3.15. The third kappa shape index (κ3) is 3.44. The Morgan fingerprint density at radius 2 is 2.00 bits per heavy atom. The van der Waals surface area contributed by atoms with Gasteiger partial charge in [0.2, 0.25) is 0 Å². The van der Waals surface area contributed by atoms with E-state index in [0.29, 0.717) is 11.7 Å². The second-order valence-electron chi connectivity index (χ2n) is 5.65.